The molecule has 9 nitrogen and oxygen atoms in total. The zero-order valence-electron chi connectivity index (χ0n) is 13.4. The van der Waals surface area contributed by atoms with Crippen LogP contribution in [-0.4, -0.2) is 30.0 Å². The third-order valence-electron chi connectivity index (χ3n) is 3.50. The molecule has 0 atom stereocenters. The minimum atomic E-state index is -0.532. The topological polar surface area (TPSA) is 116 Å². The van der Waals surface area contributed by atoms with E-state index in [2.05, 4.69) is 15.6 Å². The maximum absolute atomic E-state index is 12.3. The second kappa shape index (κ2) is 6.63. The Balaban J connectivity index is 1.42. The Hall–Kier alpha value is -3.75. The van der Waals surface area contributed by atoms with Gasteiger partial charge in [-0.2, -0.15) is 4.98 Å². The van der Waals surface area contributed by atoms with Crippen molar-refractivity contribution in [2.24, 2.45) is 0 Å². The van der Waals surface area contributed by atoms with Crippen LogP contribution in [0.2, 0.25) is 0 Å². The van der Waals surface area contributed by atoms with Crippen molar-refractivity contribution in [3.8, 4) is 11.5 Å². The van der Waals surface area contributed by atoms with Crippen LogP contribution in [0.4, 0.5) is 11.7 Å². The first-order chi connectivity index (χ1) is 12.7. The van der Waals surface area contributed by atoms with Crippen LogP contribution >= 0.6 is 0 Å². The number of anilines is 2. The SMILES string of the molecule is O=C(Nc1ccc2c(c1)OCCO2)c1coc(NC(=O)c2ccco2)n1. The quantitative estimate of drug-likeness (QED) is 0.739. The molecule has 0 saturated carbocycles. The summed E-state index contributed by atoms with van der Waals surface area (Å²) in [5, 5.41) is 5.07. The van der Waals surface area contributed by atoms with Gasteiger partial charge in [0.15, 0.2) is 23.0 Å². The van der Waals surface area contributed by atoms with Crippen molar-refractivity contribution >= 4 is 23.5 Å². The van der Waals surface area contributed by atoms with Crippen LogP contribution in [-0.2, 0) is 0 Å². The molecule has 132 valence electrons. The summed E-state index contributed by atoms with van der Waals surface area (Å²) in [6, 6.07) is 8.02. The molecular formula is C17H13N3O6. The number of hydrogen-bond donors (Lipinski definition) is 2. The molecule has 0 spiro atoms. The van der Waals surface area contributed by atoms with E-state index in [4.69, 9.17) is 18.3 Å². The van der Waals surface area contributed by atoms with Crippen molar-refractivity contribution < 1.29 is 27.9 Å². The summed E-state index contributed by atoms with van der Waals surface area (Å²) in [7, 11) is 0. The lowest BCUT2D eigenvalue weighted by Gasteiger charge is -2.18. The molecule has 26 heavy (non-hydrogen) atoms. The molecule has 1 aliphatic rings. The Morgan fingerprint density at radius 2 is 1.81 bits per heavy atom. The van der Waals surface area contributed by atoms with Crippen LogP contribution in [0.3, 0.4) is 0 Å². The number of nitrogens with one attached hydrogen (secondary N) is 2. The predicted octanol–water partition coefficient (Wildman–Crippen LogP) is 2.54. The third kappa shape index (κ3) is 3.22. The zero-order chi connectivity index (χ0) is 17.9. The average Bonchev–Trinajstić information content (AvgIpc) is 3.33. The van der Waals surface area contributed by atoms with Gasteiger partial charge in [0.1, 0.15) is 19.5 Å². The number of furan rings is 1. The van der Waals surface area contributed by atoms with Gasteiger partial charge in [0.05, 0.1) is 6.26 Å². The monoisotopic (exact) mass is 355 g/mol. The smallest absolute Gasteiger partial charge is 0.302 e. The lowest BCUT2D eigenvalue weighted by Crippen LogP contribution is -2.16. The highest BCUT2D eigenvalue weighted by atomic mass is 16.6. The number of carbonyl (C=O) groups is 2. The highest BCUT2D eigenvalue weighted by Crippen LogP contribution is 2.32. The maximum Gasteiger partial charge on any atom is 0.302 e. The molecule has 9 heteroatoms. The fourth-order valence-corrected chi connectivity index (χ4v) is 2.32. The summed E-state index contributed by atoms with van der Waals surface area (Å²) >= 11 is 0. The van der Waals surface area contributed by atoms with E-state index in [9.17, 15) is 9.59 Å². The molecule has 2 aromatic heterocycles. The van der Waals surface area contributed by atoms with Gasteiger partial charge in [-0.25, -0.2) is 0 Å². The molecule has 2 amide bonds. The van der Waals surface area contributed by atoms with Crippen molar-refractivity contribution in [3.05, 3.63) is 54.3 Å². The number of fused-ring (bicyclic) bond motifs is 1. The van der Waals surface area contributed by atoms with Crippen LogP contribution in [0.5, 0.6) is 11.5 Å². The Morgan fingerprint density at radius 3 is 2.62 bits per heavy atom. The van der Waals surface area contributed by atoms with Gasteiger partial charge < -0.3 is 23.6 Å². The zero-order valence-corrected chi connectivity index (χ0v) is 13.4. The molecule has 1 aliphatic heterocycles. The molecule has 3 heterocycles. The van der Waals surface area contributed by atoms with Crippen molar-refractivity contribution in [1.82, 2.24) is 4.98 Å². The number of hydrogen-bond acceptors (Lipinski definition) is 7. The number of benzene rings is 1. The summed E-state index contributed by atoms with van der Waals surface area (Å²) in [6.07, 6.45) is 2.52. The van der Waals surface area contributed by atoms with Gasteiger partial charge in [-0.05, 0) is 24.3 Å². The van der Waals surface area contributed by atoms with Gasteiger partial charge in [-0.1, -0.05) is 0 Å². The fraction of sp³-hybridized carbons (Fsp3) is 0.118. The van der Waals surface area contributed by atoms with Crippen molar-refractivity contribution in [3.63, 3.8) is 0 Å². The van der Waals surface area contributed by atoms with E-state index >= 15 is 0 Å². The van der Waals surface area contributed by atoms with Crippen LogP contribution in [0.1, 0.15) is 21.0 Å². The summed E-state index contributed by atoms with van der Waals surface area (Å²) in [5.41, 5.74) is 0.526. The number of aromatic nitrogens is 1. The molecule has 4 rings (SSSR count). The van der Waals surface area contributed by atoms with Gasteiger partial charge in [0.25, 0.3) is 11.8 Å². The highest BCUT2D eigenvalue weighted by Gasteiger charge is 2.17. The molecule has 0 aliphatic carbocycles. The summed E-state index contributed by atoms with van der Waals surface area (Å²) in [5.74, 6) is 0.254. The van der Waals surface area contributed by atoms with E-state index in [-0.39, 0.29) is 17.5 Å². The lowest BCUT2D eigenvalue weighted by atomic mass is 10.2. The van der Waals surface area contributed by atoms with Crippen molar-refractivity contribution in [2.45, 2.75) is 0 Å². The van der Waals surface area contributed by atoms with E-state index in [1.165, 1.54) is 12.3 Å². The van der Waals surface area contributed by atoms with E-state index in [0.29, 0.717) is 30.4 Å². The van der Waals surface area contributed by atoms with Crippen molar-refractivity contribution in [1.29, 1.82) is 0 Å². The molecule has 2 N–H and O–H groups in total. The number of carbonyl (C=O) groups excluding carboxylic acids is 2. The van der Waals surface area contributed by atoms with Gasteiger partial charge in [-0.3, -0.25) is 14.9 Å². The first-order valence-electron chi connectivity index (χ1n) is 7.70. The number of rotatable bonds is 4. The van der Waals surface area contributed by atoms with Crippen LogP contribution in [0.25, 0.3) is 0 Å². The summed E-state index contributed by atoms with van der Waals surface area (Å²) < 4.78 is 20.9. The summed E-state index contributed by atoms with van der Waals surface area (Å²) in [4.78, 5) is 28.1. The van der Waals surface area contributed by atoms with E-state index in [1.54, 1.807) is 24.3 Å². The number of amides is 2. The van der Waals surface area contributed by atoms with E-state index in [0.717, 1.165) is 6.26 Å². The highest BCUT2D eigenvalue weighted by molar-refractivity contribution is 6.04. The van der Waals surface area contributed by atoms with Gasteiger partial charge in [0.2, 0.25) is 0 Å². The Labute approximate surface area is 146 Å². The molecule has 3 aromatic rings. The van der Waals surface area contributed by atoms with Crippen molar-refractivity contribution in [2.75, 3.05) is 23.8 Å². The largest absolute Gasteiger partial charge is 0.486 e. The first-order valence-corrected chi connectivity index (χ1v) is 7.70. The van der Waals surface area contributed by atoms with Gasteiger partial charge in [-0.15, -0.1) is 0 Å². The third-order valence-corrected chi connectivity index (χ3v) is 3.50. The number of oxazole rings is 1. The molecular weight excluding hydrogens is 342 g/mol. The molecule has 1 aromatic carbocycles. The first kappa shape index (κ1) is 15.8. The standard InChI is InChI=1S/C17H13N3O6/c21-15(18-10-3-4-12-14(8-10)25-7-6-24-12)11-9-26-17(19-11)20-16(22)13-2-1-5-23-13/h1-5,8-9H,6-7H2,(H,18,21)(H,19,20,22). The molecule has 0 unspecified atom stereocenters. The van der Waals surface area contributed by atoms with Gasteiger partial charge >= 0.3 is 6.01 Å². The minimum absolute atomic E-state index is 0.00892. The predicted molar refractivity (Wildman–Crippen MR) is 88.5 cm³/mol. The van der Waals surface area contributed by atoms with Crippen LogP contribution in [0, 0.1) is 0 Å². The van der Waals surface area contributed by atoms with Crippen LogP contribution < -0.4 is 20.1 Å². The Kier molecular flexibility index (Phi) is 4.02. The maximum atomic E-state index is 12.3. The lowest BCUT2D eigenvalue weighted by molar-refractivity contribution is 0.0990. The molecule has 0 bridgehead atoms. The normalized spacial score (nSPS) is 12.5. The number of nitrogens with zero attached hydrogens (tertiary/aromatic N) is 1. The Bertz CT molecular complexity index is 947. The van der Waals surface area contributed by atoms with Crippen LogP contribution in [0.15, 0.2) is 51.7 Å². The summed E-state index contributed by atoms with van der Waals surface area (Å²) in [6.45, 7) is 0.941. The van der Waals surface area contributed by atoms with E-state index < -0.39 is 11.8 Å². The fourth-order valence-electron chi connectivity index (χ4n) is 2.32. The minimum Gasteiger partial charge on any atom is -0.486 e. The second-order valence-corrected chi connectivity index (χ2v) is 5.28. The number of ether oxygens (including phenoxy) is 2. The second-order valence-electron chi connectivity index (χ2n) is 5.28. The molecule has 0 radical (unpaired) electrons. The van der Waals surface area contributed by atoms with E-state index in [1.807, 2.05) is 0 Å². The molecule has 0 saturated heterocycles. The average molecular weight is 355 g/mol. The molecule has 0 fully saturated rings. The van der Waals surface area contributed by atoms with Gasteiger partial charge in [0, 0.05) is 11.8 Å². The Morgan fingerprint density at radius 1 is 0.962 bits per heavy atom.